The van der Waals surface area contributed by atoms with Gasteiger partial charge in [-0.2, -0.15) is 10.1 Å². The van der Waals surface area contributed by atoms with Crippen LogP contribution in [0.3, 0.4) is 0 Å². The second-order valence-electron chi connectivity index (χ2n) is 5.24. The first-order valence-corrected chi connectivity index (χ1v) is 8.46. The van der Waals surface area contributed by atoms with Crippen molar-refractivity contribution in [3.8, 4) is 5.95 Å². The summed E-state index contributed by atoms with van der Waals surface area (Å²) in [6.07, 6.45) is 1.32. The largest absolute Gasteiger partial charge is 0.269 e. The topological polar surface area (TPSA) is 76.5 Å². The van der Waals surface area contributed by atoms with Crippen molar-refractivity contribution in [2.45, 2.75) is 10.9 Å². The molecule has 0 atom stereocenters. The van der Waals surface area contributed by atoms with Crippen molar-refractivity contribution in [2.75, 3.05) is 0 Å². The molecule has 25 heavy (non-hydrogen) atoms. The number of rotatable bonds is 4. The molecule has 1 N–H and O–H groups in total. The average Bonchev–Trinajstić information content (AvgIpc) is 3.15. The van der Waals surface area contributed by atoms with Gasteiger partial charge in [0.15, 0.2) is 5.16 Å². The Hall–Kier alpha value is -3.00. The lowest BCUT2D eigenvalue weighted by Gasteiger charge is -2.10. The van der Waals surface area contributed by atoms with Crippen LogP contribution < -0.4 is 5.56 Å². The maximum Gasteiger partial charge on any atom is 0.269 e. The van der Waals surface area contributed by atoms with E-state index in [2.05, 4.69) is 20.2 Å². The summed E-state index contributed by atoms with van der Waals surface area (Å²) in [6.45, 7) is 0. The Morgan fingerprint density at radius 3 is 2.72 bits per heavy atom. The minimum atomic E-state index is -0.288. The molecule has 6 nitrogen and oxygen atoms in total. The number of fused-ring (bicyclic) bond motifs is 1. The molecule has 0 amide bonds. The van der Waals surface area contributed by atoms with Gasteiger partial charge in [0.05, 0.1) is 10.9 Å². The molecule has 0 saturated heterocycles. The van der Waals surface area contributed by atoms with Crippen molar-refractivity contribution in [3.63, 3.8) is 0 Å². The zero-order valence-electron chi connectivity index (χ0n) is 12.9. The summed E-state index contributed by atoms with van der Waals surface area (Å²) in [5.74, 6) is 0.328. The van der Waals surface area contributed by atoms with Crippen LogP contribution in [0.5, 0.6) is 0 Å². The highest BCUT2D eigenvalue weighted by molar-refractivity contribution is 7.98. The maximum absolute atomic E-state index is 13.9. The van der Waals surface area contributed by atoms with Gasteiger partial charge in [-0.1, -0.05) is 42.1 Å². The van der Waals surface area contributed by atoms with E-state index in [0.717, 1.165) is 0 Å². The lowest BCUT2D eigenvalue weighted by Crippen LogP contribution is -2.22. The predicted molar refractivity (Wildman–Crippen MR) is 93.2 cm³/mol. The van der Waals surface area contributed by atoms with Gasteiger partial charge in [-0.05, 0) is 23.8 Å². The first-order valence-electron chi connectivity index (χ1n) is 7.48. The number of thioether (sulfide) groups is 1. The molecule has 0 unspecified atom stereocenters. The number of para-hydroxylation sites is 1. The molecule has 0 aliphatic heterocycles. The Morgan fingerprint density at radius 2 is 1.92 bits per heavy atom. The van der Waals surface area contributed by atoms with E-state index in [9.17, 15) is 9.18 Å². The molecule has 0 fully saturated rings. The van der Waals surface area contributed by atoms with Crippen LogP contribution in [-0.4, -0.2) is 24.7 Å². The monoisotopic (exact) mass is 353 g/mol. The van der Waals surface area contributed by atoms with Gasteiger partial charge in [-0.3, -0.25) is 4.79 Å². The van der Waals surface area contributed by atoms with E-state index in [4.69, 9.17) is 0 Å². The smallest absolute Gasteiger partial charge is 0.268 e. The average molecular weight is 353 g/mol. The van der Waals surface area contributed by atoms with Gasteiger partial charge in [-0.15, -0.1) is 0 Å². The van der Waals surface area contributed by atoms with Crippen LogP contribution in [-0.2, 0) is 5.75 Å². The van der Waals surface area contributed by atoms with Crippen LogP contribution in [0, 0.1) is 5.82 Å². The Morgan fingerprint density at radius 1 is 1.12 bits per heavy atom. The van der Waals surface area contributed by atoms with E-state index in [0.29, 0.717) is 27.4 Å². The molecular formula is C17H12FN5OS. The number of aromatic nitrogens is 5. The fraction of sp³-hybridized carbons (Fsp3) is 0.0588. The summed E-state index contributed by atoms with van der Waals surface area (Å²) >= 11 is 1.27. The Bertz CT molecular complexity index is 1090. The molecular weight excluding hydrogens is 341 g/mol. The van der Waals surface area contributed by atoms with Crippen LogP contribution >= 0.6 is 11.8 Å². The molecule has 2 aromatic heterocycles. The van der Waals surface area contributed by atoms with E-state index < -0.39 is 0 Å². The summed E-state index contributed by atoms with van der Waals surface area (Å²) in [6, 6.07) is 13.6. The van der Waals surface area contributed by atoms with Crippen molar-refractivity contribution in [2.24, 2.45) is 0 Å². The SMILES string of the molecule is O=c1c2ccccc2nc(SCc2ccccc2F)n1-c1ncn[nH]1. The summed E-state index contributed by atoms with van der Waals surface area (Å²) in [7, 11) is 0. The number of nitrogens with one attached hydrogen (secondary N) is 1. The molecule has 0 aliphatic carbocycles. The number of hydrogen-bond acceptors (Lipinski definition) is 5. The number of halogens is 1. The predicted octanol–water partition coefficient (Wildman–Crippen LogP) is 2.94. The van der Waals surface area contributed by atoms with E-state index >= 15 is 0 Å². The van der Waals surface area contributed by atoms with Crippen LogP contribution in [0.1, 0.15) is 5.56 Å². The summed E-state index contributed by atoms with van der Waals surface area (Å²) < 4.78 is 15.2. The molecule has 4 aromatic rings. The van der Waals surface area contributed by atoms with Crippen molar-refractivity contribution in [1.29, 1.82) is 0 Å². The van der Waals surface area contributed by atoms with Gasteiger partial charge in [0.2, 0.25) is 5.95 Å². The molecule has 8 heteroatoms. The lowest BCUT2D eigenvalue weighted by atomic mass is 10.2. The van der Waals surface area contributed by atoms with Crippen molar-refractivity contribution >= 4 is 22.7 Å². The van der Waals surface area contributed by atoms with E-state index in [1.165, 1.54) is 28.7 Å². The molecule has 4 rings (SSSR count). The van der Waals surface area contributed by atoms with Crippen molar-refractivity contribution in [3.05, 3.63) is 76.6 Å². The second-order valence-corrected chi connectivity index (χ2v) is 6.18. The highest BCUT2D eigenvalue weighted by Crippen LogP contribution is 2.24. The number of aromatic amines is 1. The third-order valence-electron chi connectivity index (χ3n) is 3.67. The minimum Gasteiger partial charge on any atom is -0.268 e. The first kappa shape index (κ1) is 15.5. The summed E-state index contributed by atoms with van der Waals surface area (Å²) in [4.78, 5) is 21.5. The molecule has 0 saturated carbocycles. The van der Waals surface area contributed by atoms with Crippen LogP contribution in [0.4, 0.5) is 4.39 Å². The third-order valence-corrected chi connectivity index (χ3v) is 4.66. The van der Waals surface area contributed by atoms with Crippen LogP contribution in [0.25, 0.3) is 16.9 Å². The van der Waals surface area contributed by atoms with E-state index in [1.807, 2.05) is 6.07 Å². The van der Waals surface area contributed by atoms with Crippen LogP contribution in [0.15, 0.2) is 64.8 Å². The number of benzene rings is 2. The standard InChI is InChI=1S/C17H12FN5OS/c18-13-7-3-1-5-11(13)9-25-17-21-14-8-4-2-6-12(14)15(24)23(17)16-19-10-20-22-16/h1-8,10H,9H2,(H,19,20,22). The molecule has 124 valence electrons. The van der Waals surface area contributed by atoms with Crippen molar-refractivity contribution < 1.29 is 4.39 Å². The van der Waals surface area contributed by atoms with Gasteiger partial charge in [0.1, 0.15) is 12.1 Å². The first-order chi connectivity index (χ1) is 12.2. The zero-order chi connectivity index (χ0) is 17.2. The number of nitrogens with zero attached hydrogens (tertiary/aromatic N) is 4. The highest BCUT2D eigenvalue weighted by Gasteiger charge is 2.15. The Labute approximate surface area is 145 Å². The fourth-order valence-electron chi connectivity index (χ4n) is 2.46. The molecule has 2 heterocycles. The number of hydrogen-bond donors (Lipinski definition) is 1. The van der Waals surface area contributed by atoms with E-state index in [-0.39, 0.29) is 17.3 Å². The van der Waals surface area contributed by atoms with Gasteiger partial charge in [0, 0.05) is 5.75 Å². The minimum absolute atomic E-state index is 0.251. The zero-order valence-corrected chi connectivity index (χ0v) is 13.7. The molecule has 2 aromatic carbocycles. The van der Waals surface area contributed by atoms with Crippen LogP contribution in [0.2, 0.25) is 0 Å². The molecule has 0 bridgehead atoms. The van der Waals surface area contributed by atoms with Gasteiger partial charge >= 0.3 is 0 Å². The summed E-state index contributed by atoms with van der Waals surface area (Å²) in [5, 5.41) is 7.38. The second kappa shape index (κ2) is 6.48. The highest BCUT2D eigenvalue weighted by atomic mass is 32.2. The molecule has 0 radical (unpaired) electrons. The quantitative estimate of drug-likeness (QED) is 0.451. The van der Waals surface area contributed by atoms with E-state index in [1.54, 1.807) is 36.4 Å². The van der Waals surface area contributed by atoms with Gasteiger partial charge < -0.3 is 0 Å². The maximum atomic E-state index is 13.9. The fourth-order valence-corrected chi connectivity index (χ4v) is 3.44. The number of H-pyrrole nitrogens is 1. The molecule has 0 spiro atoms. The van der Waals surface area contributed by atoms with Crippen molar-refractivity contribution in [1.82, 2.24) is 24.7 Å². The lowest BCUT2D eigenvalue weighted by molar-refractivity contribution is 0.617. The molecule has 0 aliphatic rings. The Balaban J connectivity index is 1.83. The van der Waals surface area contributed by atoms with Gasteiger partial charge in [-0.25, -0.2) is 19.0 Å². The summed E-state index contributed by atoms with van der Waals surface area (Å²) in [5.41, 5.74) is 0.872. The third kappa shape index (κ3) is 2.91. The Kier molecular flexibility index (Phi) is 4.02. The van der Waals surface area contributed by atoms with Gasteiger partial charge in [0.25, 0.3) is 5.56 Å². The normalized spacial score (nSPS) is 11.1.